The van der Waals surface area contributed by atoms with E-state index in [0.29, 0.717) is 0 Å². The van der Waals surface area contributed by atoms with Gasteiger partial charge in [-0.15, -0.1) is 12.4 Å². The predicted molar refractivity (Wildman–Crippen MR) is 71.9 cm³/mol. The van der Waals surface area contributed by atoms with Crippen molar-refractivity contribution >= 4 is 40.2 Å². The van der Waals surface area contributed by atoms with Gasteiger partial charge in [-0.05, 0) is 0 Å². The quantitative estimate of drug-likeness (QED) is 0.532. The summed E-state index contributed by atoms with van der Waals surface area (Å²) in [5.74, 6) is -2.94. The summed E-state index contributed by atoms with van der Waals surface area (Å²) in [5, 5.41) is 22.8. The first kappa shape index (κ1) is 29.5. The molecular weight excluding hydrogens is 271 g/mol. The molecule has 0 aromatic rings. The smallest absolute Gasteiger partial charge is 0.327 e. The molecule has 0 aromatic carbocycles. The molecule has 0 aliphatic heterocycles. The highest BCUT2D eigenvalue weighted by Gasteiger charge is 1.74. The van der Waals surface area contributed by atoms with Gasteiger partial charge in [0.25, 0.3) is 0 Å². The minimum absolute atomic E-state index is 0. The molecule has 0 aliphatic carbocycles. The van der Waals surface area contributed by atoms with Crippen molar-refractivity contribution in [2.75, 3.05) is 0 Å². The van der Waals surface area contributed by atoms with E-state index < -0.39 is 17.9 Å². The number of hydrogen-bond donors (Lipinski definition) is 3. The zero-order chi connectivity index (χ0) is 12.9. The lowest BCUT2D eigenvalue weighted by molar-refractivity contribution is -0.132. The van der Waals surface area contributed by atoms with E-state index in [2.05, 4.69) is 19.7 Å². The lowest BCUT2D eigenvalue weighted by Crippen LogP contribution is -1.82. The second-order valence-electron chi connectivity index (χ2n) is 1.63. The van der Waals surface area contributed by atoms with Gasteiger partial charge in [0.05, 0.1) is 0 Å². The van der Waals surface area contributed by atoms with Crippen molar-refractivity contribution in [1.29, 1.82) is 0 Å². The molecule has 1 atom stereocenters. The first-order valence-corrected chi connectivity index (χ1v) is 3.37. The largest absolute Gasteiger partial charge is 0.478 e. The van der Waals surface area contributed by atoms with E-state index >= 15 is 0 Å². The van der Waals surface area contributed by atoms with Gasteiger partial charge in [0.15, 0.2) is 0 Å². The molecule has 0 heterocycles. The van der Waals surface area contributed by atoms with Crippen molar-refractivity contribution < 1.29 is 29.7 Å². The molecule has 0 saturated carbocycles. The number of aliphatic carboxylic acids is 3. The molecule has 0 spiro atoms. The van der Waals surface area contributed by atoms with Gasteiger partial charge in [0.2, 0.25) is 0 Å². The first-order chi connectivity index (χ1) is 6.81. The minimum atomic E-state index is -0.981. The Morgan fingerprint density at radius 3 is 0.765 bits per heavy atom. The van der Waals surface area contributed by atoms with E-state index in [1.165, 1.54) is 0 Å². The van der Waals surface area contributed by atoms with E-state index in [0.717, 1.165) is 18.2 Å². The molecule has 0 aromatic heterocycles. The van der Waals surface area contributed by atoms with Crippen LogP contribution in [0.1, 0.15) is 0 Å². The van der Waals surface area contributed by atoms with Crippen LogP contribution in [0.3, 0.4) is 0 Å². The fourth-order valence-corrected chi connectivity index (χ4v) is 0. The Kier molecular flexibility index (Phi) is 41.4. The molecule has 1 unspecified atom stereocenters. The molecule has 0 bridgehead atoms. The van der Waals surface area contributed by atoms with Crippen molar-refractivity contribution in [3.63, 3.8) is 0 Å². The van der Waals surface area contributed by atoms with Crippen LogP contribution in [0.4, 0.5) is 0 Å². The van der Waals surface area contributed by atoms with Crippen LogP contribution in [0.2, 0.25) is 0 Å². The van der Waals surface area contributed by atoms with Crippen LogP contribution >= 0.6 is 22.3 Å². The average molecular weight is 287 g/mol. The summed E-state index contributed by atoms with van der Waals surface area (Å²) in [7, 11) is 0. The molecule has 8 heteroatoms. The van der Waals surface area contributed by atoms with Gasteiger partial charge in [0, 0.05) is 18.2 Å². The summed E-state index contributed by atoms with van der Waals surface area (Å²) in [6, 6.07) is 0. The standard InChI is InChI=1S/3C3H4O2.ClH.H3P/c3*1-2-3(4)5;;/h3*2H,1H2,(H,4,5);1H;1H3. The van der Waals surface area contributed by atoms with Gasteiger partial charge in [-0.1, -0.05) is 19.7 Å². The van der Waals surface area contributed by atoms with Gasteiger partial charge in [0.1, 0.15) is 0 Å². The van der Waals surface area contributed by atoms with Crippen LogP contribution in [0.5, 0.6) is 0 Å². The molecule has 0 amide bonds. The first-order valence-electron chi connectivity index (χ1n) is 3.37. The second kappa shape index (κ2) is 23.9. The topological polar surface area (TPSA) is 112 Å². The molecule has 0 saturated heterocycles. The summed E-state index contributed by atoms with van der Waals surface area (Å²) in [5.41, 5.74) is 0. The highest BCUT2D eigenvalue weighted by molar-refractivity contribution is 6.92. The molecule has 0 rings (SSSR count). The summed E-state index contributed by atoms with van der Waals surface area (Å²) in [4.78, 5) is 27.8. The lowest BCUT2D eigenvalue weighted by atomic mass is 10.7. The maximum absolute atomic E-state index is 9.25. The molecule has 0 radical (unpaired) electrons. The number of carbonyl (C=O) groups is 3. The van der Waals surface area contributed by atoms with Gasteiger partial charge in [-0.25, -0.2) is 14.4 Å². The maximum Gasteiger partial charge on any atom is 0.327 e. The Bertz CT molecular complexity index is 221. The monoisotopic (exact) mass is 286 g/mol. The number of carboxylic acid groups (broad SMARTS) is 3. The number of carboxylic acids is 3. The summed E-state index contributed by atoms with van der Waals surface area (Å²) >= 11 is 0. The van der Waals surface area contributed by atoms with E-state index in [1.807, 2.05) is 0 Å². The second-order valence-corrected chi connectivity index (χ2v) is 1.63. The van der Waals surface area contributed by atoms with Crippen LogP contribution < -0.4 is 0 Å². The van der Waals surface area contributed by atoms with Crippen molar-refractivity contribution in [2.45, 2.75) is 0 Å². The third-order valence-corrected chi connectivity index (χ3v) is 0.524. The number of rotatable bonds is 3. The molecule has 6 nitrogen and oxygen atoms in total. The van der Waals surface area contributed by atoms with Crippen molar-refractivity contribution in [2.24, 2.45) is 0 Å². The lowest BCUT2D eigenvalue weighted by Gasteiger charge is -1.64. The summed E-state index contributed by atoms with van der Waals surface area (Å²) in [6.45, 7) is 8.88. The fourth-order valence-electron chi connectivity index (χ4n) is 0. The summed E-state index contributed by atoms with van der Waals surface area (Å²) in [6.07, 6.45) is 2.50. The van der Waals surface area contributed by atoms with Crippen LogP contribution in [-0.2, 0) is 14.4 Å². The maximum atomic E-state index is 9.25. The van der Waals surface area contributed by atoms with Gasteiger partial charge in [-0.2, -0.15) is 9.90 Å². The molecule has 0 fully saturated rings. The average Bonchev–Trinajstić information content (AvgIpc) is 2.19. The summed E-state index contributed by atoms with van der Waals surface area (Å²) < 4.78 is 0. The third-order valence-electron chi connectivity index (χ3n) is 0.524. The zero-order valence-corrected chi connectivity index (χ0v) is 11.3. The molecule has 17 heavy (non-hydrogen) atoms. The molecular formula is C9H16ClO6P. The van der Waals surface area contributed by atoms with Gasteiger partial charge in [-0.3, -0.25) is 0 Å². The Morgan fingerprint density at radius 2 is 0.765 bits per heavy atom. The van der Waals surface area contributed by atoms with Crippen LogP contribution in [0, 0.1) is 0 Å². The van der Waals surface area contributed by atoms with Crippen LogP contribution in [-0.4, -0.2) is 33.2 Å². The predicted octanol–water partition coefficient (Wildman–Crippen LogP) is 1.25. The molecule has 0 aliphatic rings. The SMILES string of the molecule is C=CC(=O)O.C=CC(=O)O.C=CC(=O)O.Cl.P. The Balaban J connectivity index is -0.0000000400. The zero-order valence-electron chi connectivity index (χ0n) is 9.04. The number of halogens is 1. The van der Waals surface area contributed by atoms with Gasteiger partial charge >= 0.3 is 17.9 Å². The van der Waals surface area contributed by atoms with E-state index in [9.17, 15) is 14.4 Å². The van der Waals surface area contributed by atoms with Crippen molar-refractivity contribution in [1.82, 2.24) is 0 Å². The highest BCUT2D eigenvalue weighted by Crippen LogP contribution is 1.55. The third kappa shape index (κ3) is 116. The Morgan fingerprint density at radius 1 is 0.706 bits per heavy atom. The van der Waals surface area contributed by atoms with E-state index in [4.69, 9.17) is 15.3 Å². The number of hydrogen-bond acceptors (Lipinski definition) is 3. The minimum Gasteiger partial charge on any atom is -0.478 e. The highest BCUT2D eigenvalue weighted by atomic mass is 35.5. The van der Waals surface area contributed by atoms with E-state index in [-0.39, 0.29) is 22.3 Å². The van der Waals surface area contributed by atoms with Crippen LogP contribution in [0.15, 0.2) is 38.0 Å². The Labute approximate surface area is 108 Å². The van der Waals surface area contributed by atoms with E-state index in [1.54, 1.807) is 0 Å². The van der Waals surface area contributed by atoms with Gasteiger partial charge < -0.3 is 15.3 Å². The fraction of sp³-hybridized carbons (Fsp3) is 0. The Hall–Kier alpha value is -1.65. The van der Waals surface area contributed by atoms with Crippen molar-refractivity contribution in [3.05, 3.63) is 38.0 Å². The van der Waals surface area contributed by atoms with Crippen molar-refractivity contribution in [3.8, 4) is 0 Å². The van der Waals surface area contributed by atoms with Crippen LogP contribution in [0.25, 0.3) is 0 Å². The molecule has 100 valence electrons. The normalized spacial score (nSPS) is 5.65. The molecule has 3 N–H and O–H groups in total.